The van der Waals surface area contributed by atoms with Gasteiger partial charge in [0.25, 0.3) is 0 Å². The van der Waals surface area contributed by atoms with E-state index >= 15 is 0 Å². The van der Waals surface area contributed by atoms with Crippen LogP contribution in [0.1, 0.15) is 74.9 Å². The van der Waals surface area contributed by atoms with Gasteiger partial charge >= 0.3 is 0 Å². The molecule has 1 aliphatic carbocycles. The molecule has 0 spiro atoms. The number of nitrogens with zero attached hydrogens (tertiary/aromatic N) is 4. The van der Waals surface area contributed by atoms with Gasteiger partial charge in [0.1, 0.15) is 11.6 Å². The number of carbonyl (C=O) groups is 2. The van der Waals surface area contributed by atoms with Crippen molar-refractivity contribution in [3.63, 3.8) is 0 Å². The van der Waals surface area contributed by atoms with Crippen LogP contribution in [0.2, 0.25) is 0 Å². The normalized spacial score (nSPS) is 22.5. The second-order valence-electron chi connectivity index (χ2n) is 8.83. The second kappa shape index (κ2) is 8.67. The molecule has 1 atom stereocenters. The highest BCUT2D eigenvalue weighted by atomic mass is 16.2. The van der Waals surface area contributed by atoms with Gasteiger partial charge in [-0.05, 0) is 38.0 Å². The number of amides is 2. The third-order valence-electron chi connectivity index (χ3n) is 6.84. The van der Waals surface area contributed by atoms with E-state index in [1.807, 2.05) is 16.8 Å². The predicted octanol–water partition coefficient (Wildman–Crippen LogP) is 2.71. The van der Waals surface area contributed by atoms with Crippen LogP contribution in [0, 0.1) is 5.92 Å². The second-order valence-corrected chi connectivity index (χ2v) is 8.83. The Labute approximate surface area is 173 Å². The van der Waals surface area contributed by atoms with Crippen molar-refractivity contribution in [2.45, 2.75) is 70.8 Å². The third kappa shape index (κ3) is 4.38. The lowest BCUT2D eigenvalue weighted by Gasteiger charge is -2.33. The molecule has 3 aliphatic rings. The van der Waals surface area contributed by atoms with Crippen molar-refractivity contribution in [3.05, 3.63) is 17.1 Å². The summed E-state index contributed by atoms with van der Waals surface area (Å²) >= 11 is 0. The number of nitrogens with one attached hydrogen (secondary N) is 1. The summed E-state index contributed by atoms with van der Waals surface area (Å²) in [6.07, 6.45) is 8.38. The van der Waals surface area contributed by atoms with E-state index < -0.39 is 0 Å². The molecule has 0 unspecified atom stereocenters. The largest absolute Gasteiger partial charge is 0.373 e. The van der Waals surface area contributed by atoms with Gasteiger partial charge in [-0.3, -0.25) is 9.59 Å². The summed E-state index contributed by atoms with van der Waals surface area (Å²) < 4.78 is 0. The van der Waals surface area contributed by atoms with Crippen molar-refractivity contribution in [3.8, 4) is 0 Å². The summed E-state index contributed by atoms with van der Waals surface area (Å²) in [6.45, 7) is 4.45. The van der Waals surface area contributed by atoms with Crippen molar-refractivity contribution >= 4 is 17.6 Å². The van der Waals surface area contributed by atoms with Gasteiger partial charge in [0, 0.05) is 51.5 Å². The molecule has 29 heavy (non-hydrogen) atoms. The lowest BCUT2D eigenvalue weighted by Crippen LogP contribution is -2.39. The first kappa shape index (κ1) is 20.1. The lowest BCUT2D eigenvalue weighted by molar-refractivity contribution is -0.133. The molecule has 1 aromatic rings. The molecule has 1 aromatic heterocycles. The van der Waals surface area contributed by atoms with Crippen LogP contribution >= 0.6 is 0 Å². The molecule has 0 radical (unpaired) electrons. The highest BCUT2D eigenvalue weighted by molar-refractivity contribution is 5.77. The molecule has 0 bridgehead atoms. The average molecular weight is 400 g/mol. The van der Waals surface area contributed by atoms with E-state index in [0.29, 0.717) is 25.4 Å². The Morgan fingerprint density at radius 1 is 1.07 bits per heavy atom. The van der Waals surface area contributed by atoms with Crippen LogP contribution in [-0.2, 0) is 22.6 Å². The number of carbonyl (C=O) groups excluding carboxylic acids is 2. The minimum atomic E-state index is 0.116. The van der Waals surface area contributed by atoms with E-state index in [1.54, 1.807) is 6.92 Å². The Balaban J connectivity index is 1.52. The Morgan fingerprint density at radius 2 is 1.86 bits per heavy atom. The molecule has 158 valence electrons. The quantitative estimate of drug-likeness (QED) is 0.842. The molecule has 2 amide bonds. The van der Waals surface area contributed by atoms with Gasteiger partial charge < -0.3 is 15.1 Å². The van der Waals surface area contributed by atoms with Gasteiger partial charge in [0.05, 0.1) is 12.2 Å². The van der Waals surface area contributed by atoms with Gasteiger partial charge in [-0.2, -0.15) is 0 Å². The molecule has 1 saturated carbocycles. The number of aromatic nitrogens is 2. The predicted molar refractivity (Wildman–Crippen MR) is 112 cm³/mol. The summed E-state index contributed by atoms with van der Waals surface area (Å²) in [4.78, 5) is 38.3. The first-order valence-electron chi connectivity index (χ1n) is 11.2. The summed E-state index contributed by atoms with van der Waals surface area (Å²) in [5.41, 5.74) is 2.12. The Bertz CT molecular complexity index is 775. The van der Waals surface area contributed by atoms with Gasteiger partial charge in [-0.1, -0.05) is 12.8 Å². The van der Waals surface area contributed by atoms with E-state index in [1.165, 1.54) is 25.7 Å². The standard InChI is InChI=1S/C22H33N5O2/c1-15(28)26-10-5-8-17(13-26)21-24-19-14-27(11-9-18(19)22(23-2)25-21)20(29)12-16-6-3-4-7-16/h16-17H,3-14H2,1-2H3,(H,23,24,25)/t17-/m1/s1. The van der Waals surface area contributed by atoms with Crippen LogP contribution in [0.25, 0.3) is 0 Å². The zero-order valence-corrected chi connectivity index (χ0v) is 17.7. The number of anilines is 1. The first-order chi connectivity index (χ1) is 14.0. The molecular formula is C22H33N5O2. The monoisotopic (exact) mass is 399 g/mol. The Morgan fingerprint density at radius 3 is 2.59 bits per heavy atom. The summed E-state index contributed by atoms with van der Waals surface area (Å²) in [6, 6.07) is 0. The van der Waals surface area contributed by atoms with Crippen LogP contribution in [0.5, 0.6) is 0 Å². The number of hydrogen-bond donors (Lipinski definition) is 1. The zero-order chi connectivity index (χ0) is 20.4. The highest BCUT2D eigenvalue weighted by Gasteiger charge is 2.30. The van der Waals surface area contributed by atoms with Crippen LogP contribution in [0.4, 0.5) is 5.82 Å². The van der Waals surface area contributed by atoms with Crippen molar-refractivity contribution in [1.82, 2.24) is 19.8 Å². The third-order valence-corrected chi connectivity index (χ3v) is 6.84. The number of fused-ring (bicyclic) bond motifs is 1. The number of likely N-dealkylation sites (tertiary alicyclic amines) is 1. The molecule has 7 heteroatoms. The summed E-state index contributed by atoms with van der Waals surface area (Å²) in [5.74, 6) is 2.81. The molecule has 1 saturated heterocycles. The molecule has 7 nitrogen and oxygen atoms in total. The lowest BCUT2D eigenvalue weighted by atomic mass is 9.96. The Hall–Kier alpha value is -2.18. The minimum Gasteiger partial charge on any atom is -0.373 e. The maximum absolute atomic E-state index is 12.8. The number of hydrogen-bond acceptors (Lipinski definition) is 5. The van der Waals surface area contributed by atoms with Gasteiger partial charge in [-0.25, -0.2) is 9.97 Å². The molecular weight excluding hydrogens is 366 g/mol. The van der Waals surface area contributed by atoms with Crippen LogP contribution in [0.15, 0.2) is 0 Å². The minimum absolute atomic E-state index is 0.116. The van der Waals surface area contributed by atoms with E-state index in [9.17, 15) is 9.59 Å². The average Bonchev–Trinajstić information content (AvgIpc) is 3.25. The van der Waals surface area contributed by atoms with Crippen molar-refractivity contribution < 1.29 is 9.59 Å². The molecule has 0 aromatic carbocycles. The fourth-order valence-electron chi connectivity index (χ4n) is 5.12. The van der Waals surface area contributed by atoms with E-state index in [4.69, 9.17) is 9.97 Å². The maximum Gasteiger partial charge on any atom is 0.223 e. The fraction of sp³-hybridized carbons (Fsp3) is 0.727. The van der Waals surface area contributed by atoms with Crippen LogP contribution in [-0.4, -0.2) is 58.3 Å². The zero-order valence-electron chi connectivity index (χ0n) is 17.7. The highest BCUT2D eigenvalue weighted by Crippen LogP contribution is 2.32. The number of piperidine rings is 1. The SMILES string of the molecule is CNc1nc([C@@H]2CCCN(C(C)=O)C2)nc2c1CCN(C(=O)CC1CCCC1)C2. The Kier molecular flexibility index (Phi) is 6.01. The van der Waals surface area contributed by atoms with Crippen molar-refractivity contribution in [2.75, 3.05) is 32.0 Å². The van der Waals surface area contributed by atoms with E-state index in [-0.39, 0.29) is 17.7 Å². The summed E-state index contributed by atoms with van der Waals surface area (Å²) in [7, 11) is 1.90. The van der Waals surface area contributed by atoms with Crippen molar-refractivity contribution in [1.29, 1.82) is 0 Å². The molecule has 4 rings (SSSR count). The molecule has 1 N–H and O–H groups in total. The van der Waals surface area contributed by atoms with E-state index in [0.717, 1.165) is 55.3 Å². The molecule has 2 fully saturated rings. The van der Waals surface area contributed by atoms with Gasteiger partial charge in [-0.15, -0.1) is 0 Å². The van der Waals surface area contributed by atoms with Gasteiger partial charge in [0.2, 0.25) is 11.8 Å². The maximum atomic E-state index is 12.8. The first-order valence-corrected chi connectivity index (χ1v) is 11.2. The summed E-state index contributed by atoms with van der Waals surface area (Å²) in [5, 5.41) is 3.24. The van der Waals surface area contributed by atoms with Crippen LogP contribution in [0.3, 0.4) is 0 Å². The molecule has 3 heterocycles. The molecule has 2 aliphatic heterocycles. The smallest absolute Gasteiger partial charge is 0.223 e. The van der Waals surface area contributed by atoms with E-state index in [2.05, 4.69) is 5.32 Å². The number of rotatable bonds is 4. The van der Waals surface area contributed by atoms with Crippen molar-refractivity contribution in [2.24, 2.45) is 5.92 Å². The fourth-order valence-corrected chi connectivity index (χ4v) is 5.12. The van der Waals surface area contributed by atoms with Gasteiger partial charge in [0.15, 0.2) is 0 Å². The topological polar surface area (TPSA) is 78.4 Å². The van der Waals surface area contributed by atoms with Crippen LogP contribution < -0.4 is 5.32 Å².